The second-order valence-electron chi connectivity index (χ2n) is 5.09. The van der Waals surface area contributed by atoms with E-state index in [0.717, 1.165) is 5.56 Å². The van der Waals surface area contributed by atoms with Crippen LogP contribution in [0.2, 0.25) is 10.0 Å². The van der Waals surface area contributed by atoms with E-state index in [9.17, 15) is 0 Å². The molecule has 2 nitrogen and oxygen atoms in total. The topological polar surface area (TPSA) is 35.2 Å². The van der Waals surface area contributed by atoms with Crippen LogP contribution in [-0.2, 0) is 11.2 Å². The molecule has 1 aromatic rings. The Balaban J connectivity index is 2.59. The lowest BCUT2D eigenvalue weighted by molar-refractivity contribution is -0.00982. The number of hydrogen-bond donors (Lipinski definition) is 1. The highest BCUT2D eigenvalue weighted by atomic mass is 35.5. The fourth-order valence-corrected chi connectivity index (χ4v) is 1.96. The predicted octanol–water partition coefficient (Wildman–Crippen LogP) is 3.68. The molecule has 0 aliphatic heterocycles. The molecule has 0 aromatic heterocycles. The summed E-state index contributed by atoms with van der Waals surface area (Å²) in [6.45, 7) is 6.50. The standard InChI is InChI=1S/C13H19Cl2NO/c1-13(2,3)17-8-9(16)7-10-11(14)5-4-6-12(10)15/h4-6,9H,7-8,16H2,1-3H3. The van der Waals surface area contributed by atoms with Crippen molar-refractivity contribution in [1.82, 2.24) is 0 Å². The maximum atomic E-state index is 6.08. The largest absolute Gasteiger partial charge is 0.374 e. The van der Waals surface area contributed by atoms with Gasteiger partial charge in [-0.3, -0.25) is 0 Å². The van der Waals surface area contributed by atoms with Crippen LogP contribution in [0, 0.1) is 0 Å². The van der Waals surface area contributed by atoms with Crippen molar-refractivity contribution in [2.45, 2.75) is 38.8 Å². The monoisotopic (exact) mass is 275 g/mol. The summed E-state index contributed by atoms with van der Waals surface area (Å²) in [5, 5.41) is 1.31. The molecule has 96 valence electrons. The van der Waals surface area contributed by atoms with Gasteiger partial charge in [-0.1, -0.05) is 29.3 Å². The first kappa shape index (κ1) is 14.8. The molecule has 4 heteroatoms. The third-order valence-corrected chi connectivity index (χ3v) is 2.97. The van der Waals surface area contributed by atoms with Gasteiger partial charge in [0.1, 0.15) is 0 Å². The van der Waals surface area contributed by atoms with E-state index in [1.54, 1.807) is 0 Å². The van der Waals surface area contributed by atoms with Gasteiger partial charge in [0.25, 0.3) is 0 Å². The maximum absolute atomic E-state index is 6.08. The Hall–Kier alpha value is -0.280. The normalized spacial score (nSPS) is 13.8. The third kappa shape index (κ3) is 5.26. The van der Waals surface area contributed by atoms with Crippen LogP contribution in [0.5, 0.6) is 0 Å². The molecule has 1 atom stereocenters. The van der Waals surface area contributed by atoms with Crippen LogP contribution in [0.4, 0.5) is 0 Å². The van der Waals surface area contributed by atoms with Gasteiger partial charge >= 0.3 is 0 Å². The average Bonchev–Trinajstić information content (AvgIpc) is 2.20. The van der Waals surface area contributed by atoms with Crippen LogP contribution in [0.15, 0.2) is 18.2 Å². The summed E-state index contributed by atoms with van der Waals surface area (Å²) >= 11 is 12.2. The highest BCUT2D eigenvalue weighted by molar-refractivity contribution is 6.35. The lowest BCUT2D eigenvalue weighted by atomic mass is 10.1. The molecule has 0 fully saturated rings. The molecule has 0 saturated heterocycles. The highest BCUT2D eigenvalue weighted by Gasteiger charge is 2.15. The van der Waals surface area contributed by atoms with Crippen LogP contribution in [0.3, 0.4) is 0 Å². The quantitative estimate of drug-likeness (QED) is 0.910. The van der Waals surface area contributed by atoms with Crippen molar-refractivity contribution in [1.29, 1.82) is 0 Å². The fraction of sp³-hybridized carbons (Fsp3) is 0.538. The van der Waals surface area contributed by atoms with Gasteiger partial charge < -0.3 is 10.5 Å². The van der Waals surface area contributed by atoms with E-state index in [-0.39, 0.29) is 11.6 Å². The van der Waals surface area contributed by atoms with Gasteiger partial charge in [-0.15, -0.1) is 0 Å². The summed E-state index contributed by atoms with van der Waals surface area (Å²) in [5.41, 5.74) is 6.72. The Morgan fingerprint density at radius 3 is 2.24 bits per heavy atom. The molecule has 0 bridgehead atoms. The van der Waals surface area contributed by atoms with E-state index >= 15 is 0 Å². The molecule has 1 unspecified atom stereocenters. The smallest absolute Gasteiger partial charge is 0.0627 e. The molecule has 2 N–H and O–H groups in total. The molecule has 0 aliphatic rings. The summed E-state index contributed by atoms with van der Waals surface area (Å²) < 4.78 is 5.63. The Labute approximate surface area is 113 Å². The van der Waals surface area contributed by atoms with Crippen molar-refractivity contribution in [3.8, 4) is 0 Å². The lowest BCUT2D eigenvalue weighted by Crippen LogP contribution is -2.33. The third-order valence-electron chi connectivity index (χ3n) is 2.26. The highest BCUT2D eigenvalue weighted by Crippen LogP contribution is 2.25. The van der Waals surface area contributed by atoms with Gasteiger partial charge in [-0.25, -0.2) is 0 Å². The molecule has 0 radical (unpaired) electrons. The van der Waals surface area contributed by atoms with Gasteiger partial charge in [0.05, 0.1) is 12.2 Å². The van der Waals surface area contributed by atoms with E-state index in [4.69, 9.17) is 33.7 Å². The summed E-state index contributed by atoms with van der Waals surface area (Å²) in [7, 11) is 0. The number of rotatable bonds is 4. The van der Waals surface area contributed by atoms with Gasteiger partial charge in [-0.05, 0) is 44.9 Å². The zero-order valence-corrected chi connectivity index (χ0v) is 12.0. The predicted molar refractivity (Wildman–Crippen MR) is 73.8 cm³/mol. The van der Waals surface area contributed by atoms with Crippen molar-refractivity contribution in [2.24, 2.45) is 5.73 Å². The molecular weight excluding hydrogens is 257 g/mol. The van der Waals surface area contributed by atoms with Crippen molar-refractivity contribution in [3.63, 3.8) is 0 Å². The van der Waals surface area contributed by atoms with Crippen LogP contribution in [0.25, 0.3) is 0 Å². The van der Waals surface area contributed by atoms with Gasteiger partial charge in [-0.2, -0.15) is 0 Å². The summed E-state index contributed by atoms with van der Waals surface area (Å²) in [6, 6.07) is 5.36. The van der Waals surface area contributed by atoms with E-state index < -0.39 is 0 Å². The van der Waals surface area contributed by atoms with E-state index in [0.29, 0.717) is 23.1 Å². The average molecular weight is 276 g/mol. The van der Waals surface area contributed by atoms with Crippen LogP contribution >= 0.6 is 23.2 Å². The van der Waals surface area contributed by atoms with E-state index in [2.05, 4.69) is 0 Å². The minimum Gasteiger partial charge on any atom is -0.374 e. The first-order valence-corrected chi connectivity index (χ1v) is 6.37. The Morgan fingerprint density at radius 2 is 1.76 bits per heavy atom. The zero-order chi connectivity index (χ0) is 13.1. The Kier molecular flexibility index (Phi) is 5.26. The second-order valence-corrected chi connectivity index (χ2v) is 5.90. The van der Waals surface area contributed by atoms with E-state index in [1.807, 2.05) is 39.0 Å². The van der Waals surface area contributed by atoms with Crippen molar-refractivity contribution in [3.05, 3.63) is 33.8 Å². The minimum absolute atomic E-state index is 0.105. The summed E-state index contributed by atoms with van der Waals surface area (Å²) in [5.74, 6) is 0. The number of nitrogens with two attached hydrogens (primary N) is 1. The molecule has 0 amide bonds. The van der Waals surface area contributed by atoms with Crippen LogP contribution < -0.4 is 5.73 Å². The number of halogens is 2. The van der Waals surface area contributed by atoms with Crippen LogP contribution in [0.1, 0.15) is 26.3 Å². The Morgan fingerprint density at radius 1 is 1.24 bits per heavy atom. The number of benzene rings is 1. The number of ether oxygens (including phenoxy) is 1. The summed E-state index contributed by atoms with van der Waals surface area (Å²) in [6.07, 6.45) is 0.620. The Bertz CT molecular complexity index is 354. The van der Waals surface area contributed by atoms with E-state index in [1.165, 1.54) is 0 Å². The van der Waals surface area contributed by atoms with Gasteiger partial charge in [0.2, 0.25) is 0 Å². The molecule has 0 heterocycles. The zero-order valence-electron chi connectivity index (χ0n) is 10.5. The molecular formula is C13H19Cl2NO. The molecule has 1 rings (SSSR count). The second kappa shape index (κ2) is 6.05. The number of hydrogen-bond acceptors (Lipinski definition) is 2. The first-order chi connectivity index (χ1) is 7.79. The first-order valence-electron chi connectivity index (χ1n) is 5.62. The fourth-order valence-electron chi connectivity index (χ4n) is 1.41. The van der Waals surface area contributed by atoms with Crippen LogP contribution in [-0.4, -0.2) is 18.2 Å². The lowest BCUT2D eigenvalue weighted by Gasteiger charge is -2.22. The SMILES string of the molecule is CC(C)(C)OCC(N)Cc1c(Cl)cccc1Cl. The molecule has 17 heavy (non-hydrogen) atoms. The van der Waals surface area contributed by atoms with Crippen molar-refractivity contribution < 1.29 is 4.74 Å². The molecule has 1 aromatic carbocycles. The van der Waals surface area contributed by atoms with Crippen molar-refractivity contribution in [2.75, 3.05) is 6.61 Å². The maximum Gasteiger partial charge on any atom is 0.0627 e. The van der Waals surface area contributed by atoms with Crippen molar-refractivity contribution >= 4 is 23.2 Å². The van der Waals surface area contributed by atoms with Gasteiger partial charge in [0.15, 0.2) is 0 Å². The van der Waals surface area contributed by atoms with Gasteiger partial charge in [0, 0.05) is 16.1 Å². The summed E-state index contributed by atoms with van der Waals surface area (Å²) in [4.78, 5) is 0. The molecule has 0 saturated carbocycles. The molecule has 0 spiro atoms. The minimum atomic E-state index is -0.179. The molecule has 0 aliphatic carbocycles.